The standard InChI is InChI=1S/C11H7Br3N4O3/c12-5-1-6(13)10(7(14)2-5)15-9(19)4-18-3-8(11(20)21)16-17-18/h1-3H,4H2,(H,15,19)(H,20,21). The van der Waals surface area contributed by atoms with Crippen molar-refractivity contribution >= 4 is 65.4 Å². The maximum Gasteiger partial charge on any atom is 0.358 e. The molecule has 0 radical (unpaired) electrons. The van der Waals surface area contributed by atoms with Crippen LogP contribution in [0.15, 0.2) is 31.7 Å². The van der Waals surface area contributed by atoms with Crippen LogP contribution in [0.4, 0.5) is 5.69 Å². The number of amides is 1. The molecule has 21 heavy (non-hydrogen) atoms. The first-order chi connectivity index (χ1) is 9.86. The van der Waals surface area contributed by atoms with Gasteiger partial charge in [-0.25, -0.2) is 9.48 Å². The summed E-state index contributed by atoms with van der Waals surface area (Å²) in [7, 11) is 0. The molecule has 0 unspecified atom stereocenters. The smallest absolute Gasteiger partial charge is 0.358 e. The third kappa shape index (κ3) is 4.11. The second-order valence-electron chi connectivity index (χ2n) is 3.90. The van der Waals surface area contributed by atoms with Crippen molar-refractivity contribution in [3.8, 4) is 0 Å². The molecule has 0 saturated heterocycles. The van der Waals surface area contributed by atoms with Crippen molar-refractivity contribution in [1.29, 1.82) is 0 Å². The van der Waals surface area contributed by atoms with Crippen LogP contribution in [0, 0.1) is 0 Å². The molecule has 1 heterocycles. The second-order valence-corrected chi connectivity index (χ2v) is 6.52. The zero-order chi connectivity index (χ0) is 15.6. The second kappa shape index (κ2) is 6.67. The lowest BCUT2D eigenvalue weighted by Gasteiger charge is -2.10. The molecule has 0 aliphatic heterocycles. The van der Waals surface area contributed by atoms with Gasteiger partial charge >= 0.3 is 5.97 Å². The Kier molecular flexibility index (Phi) is 5.12. The van der Waals surface area contributed by atoms with Gasteiger partial charge in [0.2, 0.25) is 5.91 Å². The summed E-state index contributed by atoms with van der Waals surface area (Å²) < 4.78 is 3.39. The Bertz CT molecular complexity index is 693. The van der Waals surface area contributed by atoms with Gasteiger partial charge in [0.05, 0.1) is 11.9 Å². The highest BCUT2D eigenvalue weighted by Crippen LogP contribution is 2.34. The highest BCUT2D eigenvalue weighted by molar-refractivity contribution is 9.11. The SMILES string of the molecule is O=C(Cn1cc(C(=O)O)nn1)Nc1c(Br)cc(Br)cc1Br. The van der Waals surface area contributed by atoms with Crippen LogP contribution < -0.4 is 5.32 Å². The molecule has 1 amide bonds. The molecule has 1 aromatic carbocycles. The topological polar surface area (TPSA) is 97.1 Å². The van der Waals surface area contributed by atoms with Crippen LogP contribution in [-0.4, -0.2) is 32.0 Å². The third-order valence-electron chi connectivity index (χ3n) is 2.33. The van der Waals surface area contributed by atoms with Gasteiger partial charge in [0, 0.05) is 13.4 Å². The van der Waals surface area contributed by atoms with E-state index in [2.05, 4.69) is 63.4 Å². The van der Waals surface area contributed by atoms with E-state index in [9.17, 15) is 9.59 Å². The van der Waals surface area contributed by atoms with Crippen molar-refractivity contribution in [2.45, 2.75) is 6.54 Å². The molecule has 0 spiro atoms. The van der Waals surface area contributed by atoms with Crippen molar-refractivity contribution < 1.29 is 14.7 Å². The number of nitrogens with zero attached hydrogens (tertiary/aromatic N) is 3. The Morgan fingerprint density at radius 2 is 1.86 bits per heavy atom. The normalized spacial score (nSPS) is 10.4. The van der Waals surface area contributed by atoms with Gasteiger partial charge in [-0.1, -0.05) is 21.1 Å². The third-order valence-corrected chi connectivity index (χ3v) is 4.04. The molecular formula is C11H7Br3N4O3. The van der Waals surface area contributed by atoms with Gasteiger partial charge in [-0.05, 0) is 44.0 Å². The molecule has 0 aliphatic rings. The number of carbonyl (C=O) groups is 2. The molecule has 10 heteroatoms. The summed E-state index contributed by atoms with van der Waals surface area (Å²) in [6.45, 7) is -0.144. The van der Waals surface area contributed by atoms with E-state index in [1.165, 1.54) is 6.20 Å². The monoisotopic (exact) mass is 480 g/mol. The summed E-state index contributed by atoms with van der Waals surface area (Å²) in [6.07, 6.45) is 1.19. The predicted octanol–water partition coefficient (Wildman–Crippen LogP) is 2.90. The number of rotatable bonds is 4. The first-order valence-electron chi connectivity index (χ1n) is 5.44. The number of aromatic carboxylic acids is 1. The van der Waals surface area contributed by atoms with Crippen molar-refractivity contribution in [2.24, 2.45) is 0 Å². The number of halogens is 3. The highest BCUT2D eigenvalue weighted by atomic mass is 79.9. The molecule has 2 rings (SSSR count). The van der Waals surface area contributed by atoms with Gasteiger partial charge in [-0.15, -0.1) is 5.10 Å². The van der Waals surface area contributed by atoms with Crippen molar-refractivity contribution in [3.05, 3.63) is 37.4 Å². The van der Waals surface area contributed by atoms with E-state index in [1.807, 2.05) is 0 Å². The zero-order valence-corrected chi connectivity index (χ0v) is 14.9. The van der Waals surface area contributed by atoms with Crippen LogP contribution in [0.3, 0.4) is 0 Å². The number of nitrogens with one attached hydrogen (secondary N) is 1. The van der Waals surface area contributed by atoms with Gasteiger partial charge in [0.15, 0.2) is 5.69 Å². The van der Waals surface area contributed by atoms with E-state index in [1.54, 1.807) is 12.1 Å². The number of carboxylic acid groups (broad SMARTS) is 1. The summed E-state index contributed by atoms with van der Waals surface area (Å²) in [5.41, 5.74) is 0.357. The maximum absolute atomic E-state index is 11.9. The summed E-state index contributed by atoms with van der Waals surface area (Å²) in [6, 6.07) is 3.58. The predicted molar refractivity (Wildman–Crippen MR) is 85.2 cm³/mol. The van der Waals surface area contributed by atoms with Crippen molar-refractivity contribution in [1.82, 2.24) is 15.0 Å². The first kappa shape index (κ1) is 16.1. The lowest BCUT2D eigenvalue weighted by atomic mass is 10.3. The maximum atomic E-state index is 11.9. The van der Waals surface area contributed by atoms with Gasteiger partial charge < -0.3 is 10.4 Å². The first-order valence-corrected chi connectivity index (χ1v) is 7.82. The van der Waals surface area contributed by atoms with E-state index >= 15 is 0 Å². The molecule has 2 aromatic rings. The fourth-order valence-electron chi connectivity index (χ4n) is 1.46. The zero-order valence-electron chi connectivity index (χ0n) is 10.2. The number of anilines is 1. The number of aromatic nitrogens is 3. The van der Waals surface area contributed by atoms with Crippen LogP contribution in [0.2, 0.25) is 0 Å². The van der Waals surface area contributed by atoms with E-state index in [-0.39, 0.29) is 18.1 Å². The number of carboxylic acids is 1. The van der Waals surface area contributed by atoms with Crippen LogP contribution in [-0.2, 0) is 11.3 Å². The molecule has 110 valence electrons. The fourth-order valence-corrected chi connectivity index (χ4v) is 3.92. The van der Waals surface area contributed by atoms with Gasteiger partial charge in [0.1, 0.15) is 6.54 Å². The molecule has 0 atom stereocenters. The van der Waals surface area contributed by atoms with Crippen LogP contribution >= 0.6 is 47.8 Å². The Hall–Kier alpha value is -1.26. The lowest BCUT2D eigenvalue weighted by Crippen LogP contribution is -2.19. The molecule has 1 aromatic heterocycles. The Labute approximate surface area is 144 Å². The largest absolute Gasteiger partial charge is 0.476 e. The Morgan fingerprint density at radius 3 is 2.38 bits per heavy atom. The van der Waals surface area contributed by atoms with Crippen LogP contribution in [0.1, 0.15) is 10.5 Å². The molecule has 0 bridgehead atoms. The number of carbonyl (C=O) groups excluding carboxylic acids is 1. The van der Waals surface area contributed by atoms with Crippen LogP contribution in [0.5, 0.6) is 0 Å². The van der Waals surface area contributed by atoms with E-state index in [4.69, 9.17) is 5.11 Å². The summed E-state index contributed by atoms with van der Waals surface area (Å²) in [5.74, 6) is -1.55. The molecular weight excluding hydrogens is 476 g/mol. The number of hydrogen-bond donors (Lipinski definition) is 2. The Balaban J connectivity index is 2.10. The van der Waals surface area contributed by atoms with E-state index in [0.29, 0.717) is 14.6 Å². The van der Waals surface area contributed by atoms with Crippen LogP contribution in [0.25, 0.3) is 0 Å². The van der Waals surface area contributed by atoms with Gasteiger partial charge in [0.25, 0.3) is 0 Å². The molecule has 0 fully saturated rings. The lowest BCUT2D eigenvalue weighted by molar-refractivity contribution is -0.116. The van der Waals surface area contributed by atoms with Gasteiger partial charge in [-0.3, -0.25) is 4.79 Å². The van der Waals surface area contributed by atoms with E-state index < -0.39 is 5.97 Å². The van der Waals surface area contributed by atoms with Crippen molar-refractivity contribution in [3.63, 3.8) is 0 Å². The average Bonchev–Trinajstić information content (AvgIpc) is 2.82. The number of hydrogen-bond acceptors (Lipinski definition) is 4. The summed E-state index contributed by atoms with van der Waals surface area (Å²) >= 11 is 10.0. The average molecular weight is 483 g/mol. The quantitative estimate of drug-likeness (QED) is 0.698. The van der Waals surface area contributed by atoms with E-state index in [0.717, 1.165) is 9.15 Å². The van der Waals surface area contributed by atoms with Crippen molar-refractivity contribution in [2.75, 3.05) is 5.32 Å². The summed E-state index contributed by atoms with van der Waals surface area (Å²) in [5, 5.41) is 18.4. The fraction of sp³-hybridized carbons (Fsp3) is 0.0909. The number of benzene rings is 1. The highest BCUT2D eigenvalue weighted by Gasteiger charge is 2.13. The minimum atomic E-state index is -1.19. The molecule has 0 aliphatic carbocycles. The summed E-state index contributed by atoms with van der Waals surface area (Å²) in [4.78, 5) is 22.6. The minimum absolute atomic E-state index is 0.144. The minimum Gasteiger partial charge on any atom is -0.476 e. The molecule has 2 N–H and O–H groups in total. The van der Waals surface area contributed by atoms with Gasteiger partial charge in [-0.2, -0.15) is 0 Å². The molecule has 0 saturated carbocycles. The molecule has 7 nitrogen and oxygen atoms in total. The Morgan fingerprint density at radius 1 is 1.24 bits per heavy atom.